The van der Waals surface area contributed by atoms with Crippen LogP contribution in [-0.2, 0) is 4.79 Å². The molecule has 2 saturated carbocycles. The second-order valence-electron chi connectivity index (χ2n) is 8.23. The molecule has 0 radical (unpaired) electrons. The Balaban J connectivity index is 1.09. The number of anilines is 1. The van der Waals surface area contributed by atoms with E-state index in [2.05, 4.69) is 38.4 Å². The van der Waals surface area contributed by atoms with Crippen LogP contribution in [0.2, 0.25) is 0 Å². The van der Waals surface area contributed by atoms with Gasteiger partial charge >= 0.3 is 0 Å². The molecule has 2 fully saturated rings. The third kappa shape index (κ3) is 4.43. The number of hydrogen-bond acceptors (Lipinski definition) is 5. The number of amides is 1. The van der Waals surface area contributed by atoms with E-state index in [9.17, 15) is 4.79 Å². The van der Waals surface area contributed by atoms with E-state index in [1.165, 1.54) is 48.6 Å². The minimum atomic E-state index is 0.127. The summed E-state index contributed by atoms with van der Waals surface area (Å²) >= 11 is 1.74. The summed E-state index contributed by atoms with van der Waals surface area (Å²) < 4.78 is 1.24. The van der Waals surface area contributed by atoms with Crippen LogP contribution in [-0.4, -0.2) is 36.6 Å². The predicted octanol–water partition coefficient (Wildman–Crippen LogP) is 3.77. The van der Waals surface area contributed by atoms with Gasteiger partial charge in [-0.2, -0.15) is 0 Å². The topological polar surface area (TPSA) is 66.1 Å². The summed E-state index contributed by atoms with van der Waals surface area (Å²) in [4.78, 5) is 15.7. The lowest BCUT2D eigenvalue weighted by atomic mass is 9.78. The number of aromatic nitrogens is 1. The average Bonchev–Trinajstić information content (AvgIpc) is 3.08. The molecule has 0 bridgehead atoms. The molecule has 5 nitrogen and oxygen atoms in total. The maximum atomic E-state index is 11.2. The molecule has 3 N–H and O–H groups in total. The molecule has 2 aliphatic carbocycles. The highest BCUT2D eigenvalue weighted by Crippen LogP contribution is 2.57. The second kappa shape index (κ2) is 8.15. The van der Waals surface area contributed by atoms with Gasteiger partial charge < -0.3 is 16.0 Å². The van der Waals surface area contributed by atoms with Crippen molar-refractivity contribution < 1.29 is 4.79 Å². The minimum Gasteiger partial charge on any atom is -0.368 e. The molecule has 0 aliphatic heterocycles. The number of rotatable bonds is 8. The molecule has 1 atom stereocenters. The van der Waals surface area contributed by atoms with Crippen LogP contribution < -0.4 is 16.0 Å². The summed E-state index contributed by atoms with van der Waals surface area (Å²) in [5, 5.41) is 13.5. The van der Waals surface area contributed by atoms with Crippen LogP contribution in [0.1, 0.15) is 45.4 Å². The fourth-order valence-electron chi connectivity index (χ4n) is 4.61. The fraction of sp³-hybridized carbons (Fsp3) is 0.619. The van der Waals surface area contributed by atoms with Crippen LogP contribution in [0.3, 0.4) is 0 Å². The van der Waals surface area contributed by atoms with Crippen LogP contribution >= 0.6 is 11.3 Å². The Bertz CT molecular complexity index is 781. The summed E-state index contributed by atoms with van der Waals surface area (Å²) in [5.41, 5.74) is 0.454. The molecule has 1 amide bonds. The van der Waals surface area contributed by atoms with Gasteiger partial charge in [-0.1, -0.05) is 0 Å². The Morgan fingerprint density at radius 2 is 2.11 bits per heavy atom. The number of pyridine rings is 1. The van der Waals surface area contributed by atoms with Crippen molar-refractivity contribution in [1.29, 1.82) is 0 Å². The number of carbonyl (C=O) groups excluding carboxylic acids is 1. The Morgan fingerprint density at radius 3 is 2.93 bits per heavy atom. The van der Waals surface area contributed by atoms with Gasteiger partial charge in [0.15, 0.2) is 0 Å². The van der Waals surface area contributed by atoms with Crippen molar-refractivity contribution in [2.24, 2.45) is 11.3 Å². The van der Waals surface area contributed by atoms with Crippen molar-refractivity contribution in [1.82, 2.24) is 15.6 Å². The summed E-state index contributed by atoms with van der Waals surface area (Å²) in [7, 11) is 0. The van der Waals surface area contributed by atoms with Gasteiger partial charge in [-0.25, -0.2) is 4.98 Å². The number of fused-ring (bicyclic) bond motifs is 1. The molecule has 1 unspecified atom stereocenters. The van der Waals surface area contributed by atoms with Crippen LogP contribution in [0.5, 0.6) is 0 Å². The normalized spacial score (nSPS) is 27.0. The van der Waals surface area contributed by atoms with Gasteiger partial charge in [-0.05, 0) is 79.3 Å². The molecule has 0 saturated heterocycles. The highest BCUT2D eigenvalue weighted by Gasteiger charge is 2.55. The van der Waals surface area contributed by atoms with Crippen LogP contribution in [0.15, 0.2) is 23.7 Å². The van der Waals surface area contributed by atoms with E-state index >= 15 is 0 Å². The fourth-order valence-corrected chi connectivity index (χ4v) is 5.47. The van der Waals surface area contributed by atoms with Crippen molar-refractivity contribution in [2.75, 3.05) is 25.0 Å². The number of nitrogens with one attached hydrogen (secondary N) is 3. The molecule has 2 heterocycles. The van der Waals surface area contributed by atoms with E-state index in [0.29, 0.717) is 11.5 Å². The minimum absolute atomic E-state index is 0.127. The lowest BCUT2D eigenvalue weighted by Crippen LogP contribution is -2.30. The van der Waals surface area contributed by atoms with Gasteiger partial charge in [0.2, 0.25) is 5.91 Å². The first-order valence-electron chi connectivity index (χ1n) is 10.2. The van der Waals surface area contributed by atoms with Crippen molar-refractivity contribution in [3.05, 3.63) is 23.7 Å². The van der Waals surface area contributed by atoms with Crippen molar-refractivity contribution >= 4 is 33.1 Å². The number of carbonyl (C=O) groups is 1. The summed E-state index contributed by atoms with van der Waals surface area (Å²) in [6.45, 7) is 4.58. The average molecular weight is 387 g/mol. The number of thiophene rings is 1. The first kappa shape index (κ1) is 18.7. The molecule has 146 valence electrons. The van der Waals surface area contributed by atoms with Crippen molar-refractivity contribution in [3.8, 4) is 0 Å². The first-order chi connectivity index (χ1) is 13.2. The standard InChI is InChI=1S/C21H30N4OS/c1-15(26)25-18-14-21(18)7-2-16(3-8-21)4-9-22-11-12-24-20-19-17(5-10-23-20)6-13-27-19/h5-6,10,13,16,18,22H,2-4,7-9,11-12,14H2,1H3,(H,23,24)(H,25,26). The van der Waals surface area contributed by atoms with Gasteiger partial charge in [0.05, 0.1) is 4.70 Å². The third-order valence-electron chi connectivity index (χ3n) is 6.36. The van der Waals surface area contributed by atoms with Crippen LogP contribution in [0.4, 0.5) is 5.82 Å². The predicted molar refractivity (Wildman–Crippen MR) is 112 cm³/mol. The van der Waals surface area contributed by atoms with E-state index in [1.807, 2.05) is 6.20 Å². The summed E-state index contributed by atoms with van der Waals surface area (Å²) in [5.74, 6) is 1.97. The maximum Gasteiger partial charge on any atom is 0.217 e. The van der Waals surface area contributed by atoms with Gasteiger partial charge in [0.25, 0.3) is 0 Å². The highest BCUT2D eigenvalue weighted by atomic mass is 32.1. The Labute approximate surface area is 165 Å². The molecule has 0 aromatic carbocycles. The van der Waals surface area contributed by atoms with Crippen LogP contribution in [0.25, 0.3) is 10.1 Å². The Hall–Kier alpha value is -1.66. The van der Waals surface area contributed by atoms with Gasteiger partial charge in [0.1, 0.15) is 5.82 Å². The molecule has 2 aromatic heterocycles. The summed E-state index contributed by atoms with van der Waals surface area (Å²) in [6, 6.07) is 4.66. The second-order valence-corrected chi connectivity index (χ2v) is 9.14. The third-order valence-corrected chi connectivity index (χ3v) is 7.30. The largest absolute Gasteiger partial charge is 0.368 e. The first-order valence-corrected chi connectivity index (χ1v) is 11.1. The number of nitrogens with zero attached hydrogens (tertiary/aromatic N) is 1. The lowest BCUT2D eigenvalue weighted by molar-refractivity contribution is -0.119. The Kier molecular flexibility index (Phi) is 5.64. The maximum absolute atomic E-state index is 11.2. The Morgan fingerprint density at radius 1 is 1.26 bits per heavy atom. The molecule has 27 heavy (non-hydrogen) atoms. The molecule has 1 spiro atoms. The quantitative estimate of drug-likeness (QED) is 0.604. The van der Waals surface area contributed by atoms with E-state index in [4.69, 9.17) is 0 Å². The van der Waals surface area contributed by atoms with Crippen LogP contribution in [0, 0.1) is 11.3 Å². The zero-order valence-corrected chi connectivity index (χ0v) is 16.9. The van der Waals surface area contributed by atoms with Gasteiger partial charge in [-0.15, -0.1) is 11.3 Å². The lowest BCUT2D eigenvalue weighted by Gasteiger charge is -2.29. The zero-order valence-electron chi connectivity index (χ0n) is 16.1. The van der Waals surface area contributed by atoms with Crippen molar-refractivity contribution in [2.45, 2.75) is 51.5 Å². The molecule has 4 rings (SSSR count). The monoisotopic (exact) mass is 386 g/mol. The van der Waals surface area contributed by atoms with E-state index < -0.39 is 0 Å². The summed E-state index contributed by atoms with van der Waals surface area (Å²) in [6.07, 6.45) is 9.56. The molecular formula is C21H30N4OS. The van der Waals surface area contributed by atoms with Crippen molar-refractivity contribution in [3.63, 3.8) is 0 Å². The molecule has 2 aromatic rings. The van der Waals surface area contributed by atoms with E-state index in [0.717, 1.165) is 31.4 Å². The molecule has 2 aliphatic rings. The smallest absolute Gasteiger partial charge is 0.217 e. The highest BCUT2D eigenvalue weighted by molar-refractivity contribution is 7.17. The van der Waals surface area contributed by atoms with Gasteiger partial charge in [-0.3, -0.25) is 4.79 Å². The SMILES string of the molecule is CC(=O)NC1CC12CCC(CCNCCNc1nccc3ccsc13)CC2. The molecule has 6 heteroatoms. The van der Waals surface area contributed by atoms with E-state index in [-0.39, 0.29) is 5.91 Å². The zero-order chi connectivity index (χ0) is 18.7. The van der Waals surface area contributed by atoms with Gasteiger partial charge in [0, 0.05) is 32.3 Å². The van der Waals surface area contributed by atoms with E-state index in [1.54, 1.807) is 18.3 Å². The number of hydrogen-bond donors (Lipinski definition) is 3. The molecular weight excluding hydrogens is 356 g/mol.